The smallest absolute Gasteiger partial charge is 0.293 e. The van der Waals surface area contributed by atoms with Crippen LogP contribution < -0.4 is 5.73 Å². The summed E-state index contributed by atoms with van der Waals surface area (Å²) in [5.41, 5.74) is 5.77. The molecule has 0 spiro atoms. The van der Waals surface area contributed by atoms with Gasteiger partial charge in [0.2, 0.25) is 0 Å². The van der Waals surface area contributed by atoms with Crippen molar-refractivity contribution in [2.45, 2.75) is 30.6 Å². The molecule has 0 saturated carbocycles. The lowest BCUT2D eigenvalue weighted by Crippen LogP contribution is -1.95. The zero-order valence-corrected chi connectivity index (χ0v) is 10.2. The van der Waals surface area contributed by atoms with Crippen molar-refractivity contribution in [3.63, 3.8) is 0 Å². The average Bonchev–Trinajstić information content (AvgIpc) is 2.32. The van der Waals surface area contributed by atoms with Gasteiger partial charge in [-0.05, 0) is 42.7 Å². The molecule has 1 aromatic rings. The third-order valence-electron chi connectivity index (χ3n) is 2.70. The molecule has 0 unspecified atom stereocenters. The lowest BCUT2D eigenvalue weighted by atomic mass is 10.1. The molecule has 5 heteroatoms. The zero-order chi connectivity index (χ0) is 12.3. The first-order valence-corrected chi connectivity index (χ1v) is 6.39. The molecule has 2 N–H and O–H groups in total. The van der Waals surface area contributed by atoms with Crippen LogP contribution in [0.5, 0.6) is 0 Å². The fourth-order valence-corrected chi connectivity index (χ4v) is 2.85. The summed E-state index contributed by atoms with van der Waals surface area (Å²) in [6.07, 6.45) is 6.85. The maximum atomic E-state index is 10.8. The Morgan fingerprint density at radius 2 is 2.18 bits per heavy atom. The maximum Gasteiger partial charge on any atom is 0.293 e. The SMILES string of the molecule is Nc1ccc(SC2=CCCCC2)cc1[N+](=O)[O-]. The van der Waals surface area contributed by atoms with Gasteiger partial charge in [0.05, 0.1) is 4.92 Å². The number of nitrogen functional groups attached to an aromatic ring is 1. The van der Waals surface area contributed by atoms with Crippen LogP contribution in [-0.2, 0) is 0 Å². The second-order valence-corrected chi connectivity index (χ2v) is 5.20. The van der Waals surface area contributed by atoms with Crippen molar-refractivity contribution >= 4 is 23.1 Å². The number of allylic oxidation sites excluding steroid dienone is 2. The molecule has 0 aliphatic heterocycles. The maximum absolute atomic E-state index is 10.8. The third-order valence-corrected chi connectivity index (χ3v) is 3.82. The highest BCUT2D eigenvalue weighted by Crippen LogP contribution is 2.36. The van der Waals surface area contributed by atoms with Crippen molar-refractivity contribution in [3.05, 3.63) is 39.3 Å². The largest absolute Gasteiger partial charge is 0.393 e. The van der Waals surface area contributed by atoms with E-state index in [9.17, 15) is 10.1 Å². The Balaban J connectivity index is 2.19. The van der Waals surface area contributed by atoms with Gasteiger partial charge in [0.15, 0.2) is 0 Å². The second kappa shape index (κ2) is 5.23. The van der Waals surface area contributed by atoms with Gasteiger partial charge in [-0.1, -0.05) is 17.8 Å². The predicted octanol–water partition coefficient (Wildman–Crippen LogP) is 3.73. The molecule has 1 aromatic carbocycles. The van der Waals surface area contributed by atoms with Crippen LogP contribution in [0.25, 0.3) is 0 Å². The van der Waals surface area contributed by atoms with Gasteiger partial charge in [0.1, 0.15) is 5.69 Å². The Hall–Kier alpha value is -1.49. The second-order valence-electron chi connectivity index (χ2n) is 4.00. The molecule has 90 valence electrons. The Kier molecular flexibility index (Phi) is 3.68. The molecule has 1 aliphatic rings. The summed E-state index contributed by atoms with van der Waals surface area (Å²) in [5, 5.41) is 10.8. The zero-order valence-electron chi connectivity index (χ0n) is 9.39. The van der Waals surface area contributed by atoms with Crippen LogP contribution >= 0.6 is 11.8 Å². The van der Waals surface area contributed by atoms with E-state index in [0.29, 0.717) is 0 Å². The van der Waals surface area contributed by atoms with Crippen molar-refractivity contribution in [2.24, 2.45) is 0 Å². The van der Waals surface area contributed by atoms with Crippen LogP contribution in [0.2, 0.25) is 0 Å². The lowest BCUT2D eigenvalue weighted by Gasteiger charge is -2.11. The van der Waals surface area contributed by atoms with E-state index in [1.807, 2.05) is 6.07 Å². The Labute approximate surface area is 104 Å². The molecule has 0 bridgehead atoms. The first kappa shape index (κ1) is 12.0. The number of nitrogens with zero attached hydrogens (tertiary/aromatic N) is 1. The highest BCUT2D eigenvalue weighted by Gasteiger charge is 2.13. The van der Waals surface area contributed by atoms with Crippen molar-refractivity contribution in [2.75, 3.05) is 5.73 Å². The van der Waals surface area contributed by atoms with E-state index in [-0.39, 0.29) is 11.4 Å². The van der Waals surface area contributed by atoms with Gasteiger partial charge in [-0.25, -0.2) is 0 Å². The van der Waals surface area contributed by atoms with Gasteiger partial charge < -0.3 is 5.73 Å². The van der Waals surface area contributed by atoms with Gasteiger partial charge in [-0.3, -0.25) is 10.1 Å². The van der Waals surface area contributed by atoms with Gasteiger partial charge in [0.25, 0.3) is 5.69 Å². The Bertz CT molecular complexity index is 472. The molecule has 2 rings (SSSR count). The highest BCUT2D eigenvalue weighted by molar-refractivity contribution is 8.03. The van der Waals surface area contributed by atoms with Gasteiger partial charge in [-0.2, -0.15) is 0 Å². The number of nitrogens with two attached hydrogens (primary N) is 1. The highest BCUT2D eigenvalue weighted by atomic mass is 32.2. The average molecular weight is 250 g/mol. The monoisotopic (exact) mass is 250 g/mol. The van der Waals surface area contributed by atoms with Crippen LogP contribution in [-0.4, -0.2) is 4.92 Å². The molecule has 17 heavy (non-hydrogen) atoms. The molecule has 0 radical (unpaired) electrons. The molecule has 0 fully saturated rings. The third kappa shape index (κ3) is 3.00. The van der Waals surface area contributed by atoms with E-state index < -0.39 is 4.92 Å². The molecule has 0 saturated heterocycles. The minimum atomic E-state index is -0.436. The van der Waals surface area contributed by atoms with Crippen LogP contribution in [0.1, 0.15) is 25.7 Å². The summed E-state index contributed by atoms with van der Waals surface area (Å²) >= 11 is 1.61. The number of anilines is 1. The minimum Gasteiger partial charge on any atom is -0.393 e. The van der Waals surface area contributed by atoms with Gasteiger partial charge in [0, 0.05) is 11.0 Å². The van der Waals surface area contributed by atoms with E-state index in [4.69, 9.17) is 5.73 Å². The molecule has 0 amide bonds. The van der Waals surface area contributed by atoms with E-state index in [1.54, 1.807) is 23.9 Å². The number of nitro groups is 1. The number of thioether (sulfide) groups is 1. The molecule has 4 nitrogen and oxygen atoms in total. The molecular formula is C12H14N2O2S. The fourth-order valence-electron chi connectivity index (χ4n) is 1.80. The quantitative estimate of drug-likeness (QED) is 0.504. The van der Waals surface area contributed by atoms with Gasteiger partial charge in [-0.15, -0.1) is 0 Å². The summed E-state index contributed by atoms with van der Waals surface area (Å²) in [6, 6.07) is 4.99. The van der Waals surface area contributed by atoms with Crippen LogP contribution in [0.3, 0.4) is 0 Å². The minimum absolute atomic E-state index is 0.00795. The number of rotatable bonds is 3. The summed E-state index contributed by atoms with van der Waals surface area (Å²) in [4.78, 5) is 12.5. The van der Waals surface area contributed by atoms with Crippen LogP contribution in [0.15, 0.2) is 34.1 Å². The summed E-state index contributed by atoms with van der Waals surface area (Å²) < 4.78 is 0. The number of hydrogen-bond acceptors (Lipinski definition) is 4. The van der Waals surface area contributed by atoms with Crippen molar-refractivity contribution < 1.29 is 4.92 Å². The van der Waals surface area contributed by atoms with E-state index >= 15 is 0 Å². The van der Waals surface area contributed by atoms with Crippen molar-refractivity contribution in [3.8, 4) is 0 Å². The van der Waals surface area contributed by atoms with E-state index in [1.165, 1.54) is 17.7 Å². The molecule has 0 atom stereocenters. The first-order valence-electron chi connectivity index (χ1n) is 5.57. The molecule has 1 aliphatic carbocycles. The van der Waals surface area contributed by atoms with Crippen molar-refractivity contribution in [1.82, 2.24) is 0 Å². The fraction of sp³-hybridized carbons (Fsp3) is 0.333. The number of benzene rings is 1. The molecule has 0 aromatic heterocycles. The molecular weight excluding hydrogens is 236 g/mol. The Morgan fingerprint density at radius 3 is 2.82 bits per heavy atom. The standard InChI is InChI=1S/C12H14N2O2S/c13-11-7-6-10(8-12(11)14(15)16)17-9-4-2-1-3-5-9/h4,6-8H,1-3,5,13H2. The van der Waals surface area contributed by atoms with E-state index in [2.05, 4.69) is 6.08 Å². The summed E-state index contributed by atoms with van der Waals surface area (Å²) in [7, 11) is 0. The normalized spacial score (nSPS) is 15.4. The van der Waals surface area contributed by atoms with Gasteiger partial charge >= 0.3 is 0 Å². The van der Waals surface area contributed by atoms with E-state index in [0.717, 1.165) is 17.7 Å². The summed E-state index contributed by atoms with van der Waals surface area (Å²) in [6.45, 7) is 0. The van der Waals surface area contributed by atoms with Crippen LogP contribution in [0, 0.1) is 10.1 Å². The first-order chi connectivity index (χ1) is 8.16. The number of nitro benzene ring substituents is 1. The number of hydrogen-bond donors (Lipinski definition) is 1. The molecule has 0 heterocycles. The predicted molar refractivity (Wildman–Crippen MR) is 69.9 cm³/mol. The topological polar surface area (TPSA) is 69.2 Å². The summed E-state index contributed by atoms with van der Waals surface area (Å²) in [5.74, 6) is 0. The van der Waals surface area contributed by atoms with Crippen LogP contribution in [0.4, 0.5) is 11.4 Å². The lowest BCUT2D eigenvalue weighted by molar-refractivity contribution is -0.384. The Morgan fingerprint density at radius 1 is 1.35 bits per heavy atom. The van der Waals surface area contributed by atoms with Crippen molar-refractivity contribution in [1.29, 1.82) is 0 Å².